The van der Waals surface area contributed by atoms with Gasteiger partial charge < -0.3 is 4.90 Å². The molecule has 0 bridgehead atoms. The van der Waals surface area contributed by atoms with Gasteiger partial charge in [-0.1, -0.05) is 0 Å². The molecule has 102 valence electrons. The van der Waals surface area contributed by atoms with Crippen LogP contribution in [-0.2, 0) is 0 Å². The fourth-order valence-electron chi connectivity index (χ4n) is 2.06. The lowest BCUT2D eigenvalue weighted by atomic mass is 10.3. The van der Waals surface area contributed by atoms with E-state index in [9.17, 15) is 4.79 Å². The second-order valence-electron chi connectivity index (χ2n) is 4.70. The van der Waals surface area contributed by atoms with Crippen LogP contribution in [0.3, 0.4) is 0 Å². The van der Waals surface area contributed by atoms with Crippen LogP contribution in [-0.4, -0.2) is 47.1 Å². The number of carbonyl (C=O) groups is 1. The molecule has 2 heterocycles. The van der Waals surface area contributed by atoms with E-state index in [0.717, 1.165) is 30.1 Å². The first-order valence-electron chi connectivity index (χ1n) is 6.23. The highest BCUT2D eigenvalue weighted by Gasteiger charge is 2.29. The predicted octanol–water partition coefficient (Wildman–Crippen LogP) is 1.95. The van der Waals surface area contributed by atoms with E-state index in [0.29, 0.717) is 13.3 Å². The quantitative estimate of drug-likeness (QED) is 0.624. The molecular formula is C13H18N4OS. The first-order chi connectivity index (χ1) is 9.11. The number of rotatable bonds is 4. The first kappa shape index (κ1) is 13.8. The third-order valence-corrected chi connectivity index (χ3v) is 3.89. The Bertz CT molecular complexity index is 493. The van der Waals surface area contributed by atoms with Crippen molar-refractivity contribution in [2.24, 2.45) is 0 Å². The fourth-order valence-corrected chi connectivity index (χ4v) is 2.81. The van der Waals surface area contributed by atoms with E-state index in [4.69, 9.17) is 6.42 Å². The average molecular weight is 278 g/mol. The van der Waals surface area contributed by atoms with E-state index < -0.39 is 0 Å². The van der Waals surface area contributed by atoms with Crippen LogP contribution in [0.25, 0.3) is 0 Å². The van der Waals surface area contributed by atoms with Crippen molar-refractivity contribution in [2.75, 3.05) is 31.8 Å². The lowest BCUT2D eigenvalue weighted by Crippen LogP contribution is -2.56. The van der Waals surface area contributed by atoms with Gasteiger partial charge in [-0.2, -0.15) is 4.37 Å². The summed E-state index contributed by atoms with van der Waals surface area (Å²) in [6.45, 7) is 4.09. The van der Waals surface area contributed by atoms with Crippen molar-refractivity contribution >= 4 is 22.6 Å². The monoisotopic (exact) mass is 278 g/mol. The Balaban J connectivity index is 2.05. The summed E-state index contributed by atoms with van der Waals surface area (Å²) in [7, 11) is 1.82. The summed E-state index contributed by atoms with van der Waals surface area (Å²) in [6.07, 6.45) is 6.99. The second kappa shape index (κ2) is 6.04. The third kappa shape index (κ3) is 3.25. The highest BCUT2D eigenvalue weighted by atomic mass is 32.1. The van der Waals surface area contributed by atoms with Gasteiger partial charge in [-0.05, 0) is 30.9 Å². The van der Waals surface area contributed by atoms with Gasteiger partial charge in [0, 0.05) is 20.0 Å². The average Bonchev–Trinajstić information content (AvgIpc) is 2.80. The lowest BCUT2D eigenvalue weighted by Gasteiger charge is -2.39. The molecule has 2 rings (SSSR count). The highest BCUT2D eigenvalue weighted by molar-refractivity contribution is 7.10. The lowest BCUT2D eigenvalue weighted by molar-refractivity contribution is 0.130. The van der Waals surface area contributed by atoms with Gasteiger partial charge in [-0.15, -0.1) is 12.3 Å². The van der Waals surface area contributed by atoms with Gasteiger partial charge in [0.15, 0.2) is 0 Å². The van der Waals surface area contributed by atoms with Crippen LogP contribution in [0, 0.1) is 19.3 Å². The number of aryl methyl sites for hydroxylation is 1. The van der Waals surface area contributed by atoms with Crippen molar-refractivity contribution in [3.63, 3.8) is 0 Å². The molecule has 0 aromatic carbocycles. The topological polar surface area (TPSA) is 39.7 Å². The molecule has 0 N–H and O–H groups in total. The maximum atomic E-state index is 12.2. The van der Waals surface area contributed by atoms with E-state index >= 15 is 0 Å². The number of carbonyl (C=O) groups excluding carboxylic acids is 1. The van der Waals surface area contributed by atoms with Crippen molar-refractivity contribution in [2.45, 2.75) is 19.8 Å². The SMILES string of the molecule is C#CCCCN1CN(C)C(=O)N(c2cc(C)ns2)C1. The van der Waals surface area contributed by atoms with Crippen molar-refractivity contribution in [3.8, 4) is 12.3 Å². The Labute approximate surface area is 118 Å². The van der Waals surface area contributed by atoms with Gasteiger partial charge in [-0.25, -0.2) is 4.79 Å². The summed E-state index contributed by atoms with van der Waals surface area (Å²) in [6, 6.07) is 1.97. The smallest absolute Gasteiger partial charge is 0.314 e. The zero-order valence-corrected chi connectivity index (χ0v) is 12.1. The molecule has 1 aliphatic heterocycles. The minimum absolute atomic E-state index is 0.0249. The molecule has 5 nitrogen and oxygen atoms in total. The van der Waals surface area contributed by atoms with Gasteiger partial charge in [0.1, 0.15) is 5.00 Å². The van der Waals surface area contributed by atoms with Crippen LogP contribution in [0.2, 0.25) is 0 Å². The number of hydrogen-bond donors (Lipinski definition) is 0. The Morgan fingerprint density at radius 3 is 2.95 bits per heavy atom. The number of terminal acetylenes is 1. The number of urea groups is 1. The molecule has 2 amide bonds. The molecule has 0 atom stereocenters. The van der Waals surface area contributed by atoms with Crippen LogP contribution in [0.5, 0.6) is 0 Å². The Morgan fingerprint density at radius 1 is 1.53 bits per heavy atom. The molecule has 1 fully saturated rings. The molecule has 1 aromatic rings. The zero-order valence-electron chi connectivity index (χ0n) is 11.3. The number of anilines is 1. The number of unbranched alkanes of at least 4 members (excludes halogenated alkanes) is 1. The van der Waals surface area contributed by atoms with Gasteiger partial charge in [0.25, 0.3) is 0 Å². The van der Waals surface area contributed by atoms with Crippen LogP contribution in [0.1, 0.15) is 18.5 Å². The van der Waals surface area contributed by atoms with Crippen LogP contribution < -0.4 is 4.90 Å². The van der Waals surface area contributed by atoms with Crippen molar-refractivity contribution in [1.82, 2.24) is 14.2 Å². The molecule has 0 aliphatic carbocycles. The van der Waals surface area contributed by atoms with Crippen molar-refractivity contribution in [1.29, 1.82) is 0 Å². The maximum Gasteiger partial charge on any atom is 0.327 e. The van der Waals surface area contributed by atoms with E-state index in [1.807, 2.05) is 20.0 Å². The second-order valence-corrected chi connectivity index (χ2v) is 5.48. The third-order valence-electron chi connectivity index (χ3n) is 2.99. The molecule has 0 unspecified atom stereocenters. The fraction of sp³-hybridized carbons (Fsp3) is 0.538. The molecule has 1 aliphatic rings. The highest BCUT2D eigenvalue weighted by Crippen LogP contribution is 2.24. The summed E-state index contributed by atoms with van der Waals surface area (Å²) in [4.78, 5) is 17.9. The van der Waals surface area contributed by atoms with Crippen LogP contribution in [0.4, 0.5) is 9.80 Å². The van der Waals surface area contributed by atoms with Gasteiger partial charge in [-0.3, -0.25) is 9.80 Å². The summed E-state index contributed by atoms with van der Waals surface area (Å²) in [5.74, 6) is 2.64. The number of nitrogens with zero attached hydrogens (tertiary/aromatic N) is 4. The zero-order chi connectivity index (χ0) is 13.8. The van der Waals surface area contributed by atoms with E-state index in [1.54, 1.807) is 9.80 Å². The van der Waals surface area contributed by atoms with Gasteiger partial charge in [0.2, 0.25) is 0 Å². The minimum Gasteiger partial charge on any atom is -0.314 e. The maximum absolute atomic E-state index is 12.2. The molecule has 19 heavy (non-hydrogen) atoms. The summed E-state index contributed by atoms with van der Waals surface area (Å²) in [5.41, 5.74) is 0.944. The molecule has 0 radical (unpaired) electrons. The van der Waals surface area contributed by atoms with Crippen molar-refractivity contribution in [3.05, 3.63) is 11.8 Å². The molecule has 6 heteroatoms. The van der Waals surface area contributed by atoms with Crippen LogP contribution in [0.15, 0.2) is 6.07 Å². The molecule has 1 aromatic heterocycles. The number of hydrogen-bond acceptors (Lipinski definition) is 4. The minimum atomic E-state index is 0.0249. The molecule has 0 saturated carbocycles. The first-order valence-corrected chi connectivity index (χ1v) is 7.01. The normalized spacial score (nSPS) is 16.8. The van der Waals surface area contributed by atoms with Gasteiger partial charge in [0.05, 0.1) is 19.0 Å². The van der Waals surface area contributed by atoms with Crippen molar-refractivity contribution < 1.29 is 4.79 Å². The Kier molecular flexibility index (Phi) is 4.40. The summed E-state index contributed by atoms with van der Waals surface area (Å²) >= 11 is 1.36. The molecular weight excluding hydrogens is 260 g/mol. The summed E-state index contributed by atoms with van der Waals surface area (Å²) in [5, 5.41) is 0.899. The van der Waals surface area contributed by atoms with E-state index in [-0.39, 0.29) is 6.03 Å². The number of amides is 2. The largest absolute Gasteiger partial charge is 0.327 e. The molecule has 0 spiro atoms. The predicted molar refractivity (Wildman–Crippen MR) is 77.0 cm³/mol. The van der Waals surface area contributed by atoms with E-state index in [2.05, 4.69) is 15.2 Å². The Hall–Kier alpha value is -1.58. The molecule has 1 saturated heterocycles. The Morgan fingerprint density at radius 2 is 2.32 bits per heavy atom. The standard InChI is InChI=1S/C13H18N4OS/c1-4-5-6-7-16-9-15(3)13(18)17(10-16)12-8-11(2)14-19-12/h1,8H,5-7,9-10H2,2-3H3. The van der Waals surface area contributed by atoms with Crippen LogP contribution >= 0.6 is 11.5 Å². The van der Waals surface area contributed by atoms with Gasteiger partial charge >= 0.3 is 6.03 Å². The summed E-state index contributed by atoms with van der Waals surface area (Å²) < 4.78 is 4.24. The number of aromatic nitrogens is 1. The van der Waals surface area contributed by atoms with E-state index in [1.165, 1.54) is 11.5 Å².